The van der Waals surface area contributed by atoms with Gasteiger partial charge in [-0.1, -0.05) is 65.9 Å². The third-order valence-corrected chi connectivity index (χ3v) is 6.78. The summed E-state index contributed by atoms with van der Waals surface area (Å²) >= 11 is 0. The molecule has 0 bridgehead atoms. The van der Waals surface area contributed by atoms with E-state index in [0.29, 0.717) is 12.6 Å². The summed E-state index contributed by atoms with van der Waals surface area (Å²) in [4.78, 5) is 1.39. The van der Waals surface area contributed by atoms with Gasteiger partial charge in [-0.25, -0.2) is 4.68 Å². The minimum atomic E-state index is 0.0596. The number of aromatic nitrogens is 3. The molecule has 0 saturated carbocycles. The van der Waals surface area contributed by atoms with Crippen LogP contribution in [-0.2, 0) is 29.0 Å². The number of fused-ring (bicyclic) bond motifs is 1. The maximum Gasteiger partial charge on any atom is 0.140 e. The molecule has 3 aromatic rings. The summed E-state index contributed by atoms with van der Waals surface area (Å²) in [6.07, 6.45) is 4.54. The van der Waals surface area contributed by atoms with Crippen LogP contribution in [0.25, 0.3) is 0 Å². The summed E-state index contributed by atoms with van der Waals surface area (Å²) in [5.41, 5.74) is 3.75. The van der Waals surface area contributed by atoms with E-state index in [2.05, 4.69) is 89.5 Å². The Bertz CT molecular complexity index is 996. The number of rotatable bonds is 10. The van der Waals surface area contributed by atoms with Gasteiger partial charge in [0, 0.05) is 12.0 Å². The maximum absolute atomic E-state index is 6.19. The van der Waals surface area contributed by atoms with Gasteiger partial charge in [-0.05, 0) is 12.0 Å². The number of hydrogen-bond acceptors (Lipinski definition) is 4. The zero-order chi connectivity index (χ0) is 22.5. The molecule has 7 nitrogen and oxygen atoms in total. The normalized spacial score (nSPS) is 25.2. The van der Waals surface area contributed by atoms with Crippen LogP contribution < -0.4 is 10.2 Å². The number of nitrogens with zero attached hydrogens (tertiary/aromatic N) is 3. The van der Waals surface area contributed by atoms with Gasteiger partial charge in [0.05, 0.1) is 26.4 Å². The molecule has 0 spiro atoms. The minimum Gasteiger partial charge on any atom is -0.367 e. The van der Waals surface area contributed by atoms with Gasteiger partial charge in [-0.15, -0.1) is 5.10 Å². The maximum atomic E-state index is 6.19. The number of benzene rings is 2. The van der Waals surface area contributed by atoms with Crippen molar-refractivity contribution in [2.45, 2.75) is 50.2 Å². The Morgan fingerprint density at radius 2 is 1.67 bits per heavy atom. The van der Waals surface area contributed by atoms with E-state index < -0.39 is 0 Å². The van der Waals surface area contributed by atoms with Gasteiger partial charge in [-0.2, -0.15) is 0 Å². The molecular formula is C26H35N5O2+2. The molecule has 3 N–H and O–H groups in total. The number of nitrogens with one attached hydrogen (secondary N) is 1. The summed E-state index contributed by atoms with van der Waals surface area (Å²) in [6, 6.07) is 21.7. The topological polar surface area (TPSA) is 70.2 Å². The van der Waals surface area contributed by atoms with E-state index in [1.807, 2.05) is 4.68 Å². The third-order valence-electron chi connectivity index (χ3n) is 6.78. The zero-order valence-corrected chi connectivity index (χ0v) is 19.3. The second kappa shape index (κ2) is 10.6. The predicted octanol–water partition coefficient (Wildman–Crippen LogP) is 0.397. The first-order valence-electron chi connectivity index (χ1n) is 12.1. The van der Waals surface area contributed by atoms with Crippen molar-refractivity contribution in [1.82, 2.24) is 15.0 Å². The second-order valence-corrected chi connectivity index (χ2v) is 9.43. The number of nitrogens with two attached hydrogens (primary N) is 1. The van der Waals surface area contributed by atoms with Crippen LogP contribution >= 0.6 is 0 Å². The predicted molar refractivity (Wildman–Crippen MR) is 125 cm³/mol. The molecule has 2 aromatic carbocycles. The molecule has 0 amide bonds. The summed E-state index contributed by atoms with van der Waals surface area (Å²) in [6.45, 7) is 4.27. The summed E-state index contributed by atoms with van der Waals surface area (Å²) in [5, 5.41) is 11.3. The fraction of sp³-hybridized carbons (Fsp3) is 0.462. The number of quaternary nitrogens is 2. The molecule has 1 unspecified atom stereocenters. The first-order chi connectivity index (χ1) is 16.3. The first kappa shape index (κ1) is 22.2. The van der Waals surface area contributed by atoms with Crippen molar-refractivity contribution in [1.29, 1.82) is 0 Å². The van der Waals surface area contributed by atoms with Gasteiger partial charge >= 0.3 is 0 Å². The highest BCUT2D eigenvalue weighted by atomic mass is 16.6. The van der Waals surface area contributed by atoms with E-state index >= 15 is 0 Å². The van der Waals surface area contributed by atoms with Crippen molar-refractivity contribution >= 4 is 0 Å². The lowest BCUT2D eigenvalue weighted by Gasteiger charge is -2.15. The Morgan fingerprint density at radius 3 is 2.45 bits per heavy atom. The Hall–Kier alpha value is -2.58. The Kier molecular flexibility index (Phi) is 7.12. The largest absolute Gasteiger partial charge is 0.367 e. The van der Waals surface area contributed by atoms with Crippen molar-refractivity contribution in [2.24, 2.45) is 0 Å². The van der Waals surface area contributed by atoms with Crippen molar-refractivity contribution in [3.05, 3.63) is 83.7 Å². The lowest BCUT2D eigenvalue weighted by molar-refractivity contribution is -0.908. The monoisotopic (exact) mass is 449 g/mol. The lowest BCUT2D eigenvalue weighted by Crippen LogP contribution is -3.06. The van der Waals surface area contributed by atoms with Crippen LogP contribution in [0.4, 0.5) is 0 Å². The molecule has 7 heteroatoms. The van der Waals surface area contributed by atoms with E-state index in [1.54, 1.807) is 0 Å². The molecule has 5 atom stereocenters. The van der Waals surface area contributed by atoms with Crippen LogP contribution in [0.3, 0.4) is 0 Å². The van der Waals surface area contributed by atoms with Gasteiger partial charge in [0.2, 0.25) is 0 Å². The molecule has 2 saturated heterocycles. The summed E-state index contributed by atoms with van der Waals surface area (Å²) in [5.74, 6) is 0. The molecule has 3 heterocycles. The van der Waals surface area contributed by atoms with Crippen molar-refractivity contribution in [3.8, 4) is 0 Å². The molecule has 2 aliphatic rings. The minimum absolute atomic E-state index is 0.0596. The van der Waals surface area contributed by atoms with E-state index in [0.717, 1.165) is 44.8 Å². The highest BCUT2D eigenvalue weighted by Gasteiger charge is 2.50. The molecule has 2 aliphatic heterocycles. The number of aryl methyl sites for hydroxylation is 1. The van der Waals surface area contributed by atoms with Crippen molar-refractivity contribution in [2.75, 3.05) is 26.8 Å². The van der Waals surface area contributed by atoms with Crippen molar-refractivity contribution in [3.63, 3.8) is 0 Å². The van der Waals surface area contributed by atoms with E-state index in [9.17, 15) is 0 Å². The highest BCUT2D eigenvalue weighted by Crippen LogP contribution is 2.32. The zero-order valence-electron chi connectivity index (χ0n) is 19.3. The van der Waals surface area contributed by atoms with E-state index in [1.165, 1.54) is 16.0 Å². The molecule has 5 rings (SSSR count). The lowest BCUT2D eigenvalue weighted by atomic mass is 10.1. The highest BCUT2D eigenvalue weighted by molar-refractivity contribution is 5.14. The molecular weight excluding hydrogens is 414 g/mol. The fourth-order valence-electron chi connectivity index (χ4n) is 5.09. The van der Waals surface area contributed by atoms with Gasteiger partial charge in [0.15, 0.2) is 0 Å². The number of hydrogen-bond donors (Lipinski definition) is 2. The van der Waals surface area contributed by atoms with E-state index in [4.69, 9.17) is 9.47 Å². The smallest absolute Gasteiger partial charge is 0.140 e. The molecule has 0 radical (unpaired) electrons. The average molecular weight is 450 g/mol. The molecule has 174 valence electrons. The quantitative estimate of drug-likeness (QED) is 0.440. The van der Waals surface area contributed by atoms with Gasteiger partial charge in [0.1, 0.15) is 49.7 Å². The Labute approximate surface area is 195 Å². The molecule has 0 aliphatic carbocycles. The third kappa shape index (κ3) is 5.50. The van der Waals surface area contributed by atoms with Crippen molar-refractivity contribution < 1.29 is 19.7 Å². The standard InChI is InChI=1S/C26H33N5O2/c1-30(15-21-11-6-3-7-12-21)16-22-17-31(29-28-22)24-19-33-25-23(18-32-26(24)25)27-14-8-13-20-9-4-2-5-10-20/h2-7,9-12,17,23-27H,8,13-16,18-19H2,1H3/p+2/t23-,24-,25+,26+/m0/s1. The van der Waals surface area contributed by atoms with Crippen LogP contribution in [0.5, 0.6) is 0 Å². The molecule has 33 heavy (non-hydrogen) atoms. The SMILES string of the molecule is C[NH+](Cc1ccccc1)Cc1cn([C@H]2CO[C@H]3[C@@H]2OC[C@@H]3[NH2+]CCCc2ccccc2)nn1. The van der Waals surface area contributed by atoms with Crippen LogP contribution in [0.2, 0.25) is 0 Å². The second-order valence-electron chi connectivity index (χ2n) is 9.43. The van der Waals surface area contributed by atoms with Gasteiger partial charge < -0.3 is 19.7 Å². The number of ether oxygens (including phenoxy) is 2. The molecule has 2 fully saturated rings. The summed E-state index contributed by atoms with van der Waals surface area (Å²) in [7, 11) is 2.19. The fourth-order valence-corrected chi connectivity index (χ4v) is 5.09. The van der Waals surface area contributed by atoms with Crippen LogP contribution in [0.15, 0.2) is 66.9 Å². The van der Waals surface area contributed by atoms with E-state index in [-0.39, 0.29) is 18.2 Å². The first-order valence-corrected chi connectivity index (χ1v) is 12.1. The van der Waals surface area contributed by atoms with Gasteiger partial charge in [0.25, 0.3) is 0 Å². The van der Waals surface area contributed by atoms with Crippen LogP contribution in [0, 0.1) is 0 Å². The Balaban J connectivity index is 1.10. The van der Waals surface area contributed by atoms with Crippen LogP contribution in [0.1, 0.15) is 29.3 Å². The Morgan fingerprint density at radius 1 is 0.939 bits per heavy atom. The summed E-state index contributed by atoms with van der Waals surface area (Å²) < 4.78 is 14.3. The molecule has 1 aromatic heterocycles. The van der Waals surface area contributed by atoms with Gasteiger partial charge in [-0.3, -0.25) is 0 Å². The van der Waals surface area contributed by atoms with Crippen LogP contribution in [-0.4, -0.2) is 60.0 Å². The average Bonchev–Trinajstić information content (AvgIpc) is 3.55.